The van der Waals surface area contributed by atoms with E-state index in [4.69, 9.17) is 9.47 Å². The van der Waals surface area contributed by atoms with Crippen molar-refractivity contribution in [3.8, 4) is 0 Å². The molecule has 1 aromatic heterocycles. The van der Waals surface area contributed by atoms with Crippen LogP contribution < -0.4 is 0 Å². The van der Waals surface area contributed by atoms with Crippen molar-refractivity contribution < 1.29 is 14.0 Å². The summed E-state index contributed by atoms with van der Waals surface area (Å²) in [4.78, 5) is 0. The smallest absolute Gasteiger partial charge is 0.322 e. The van der Waals surface area contributed by atoms with Gasteiger partial charge >= 0.3 is 5.65 Å². The lowest BCUT2D eigenvalue weighted by Gasteiger charge is -2.27. The summed E-state index contributed by atoms with van der Waals surface area (Å²) in [7, 11) is -0.263. The Balaban J connectivity index is 3.08. The molecule has 1 aromatic rings. The van der Waals surface area contributed by atoms with Gasteiger partial charge in [-0.25, -0.2) is 4.68 Å². The zero-order valence-electron chi connectivity index (χ0n) is 9.14. The molecule has 1 rings (SSSR count). The van der Waals surface area contributed by atoms with Crippen LogP contribution in [0.2, 0.25) is 0 Å². The summed E-state index contributed by atoms with van der Waals surface area (Å²) in [6, 6.07) is 1.80. The van der Waals surface area contributed by atoms with E-state index in [2.05, 4.69) is 5.10 Å². The molecular weight excluding hydrogens is 215 g/mol. The van der Waals surface area contributed by atoms with Gasteiger partial charge in [0.1, 0.15) is 0 Å². The molecular formula is C9H15N2O3P. The molecule has 0 aliphatic heterocycles. The first-order chi connectivity index (χ1) is 7.20. The maximum Gasteiger partial charge on any atom is 0.356 e. The molecule has 0 radical (unpaired) electrons. The molecule has 84 valence electrons. The Morgan fingerprint density at radius 1 is 1.47 bits per heavy atom. The van der Waals surface area contributed by atoms with E-state index in [1.165, 1.54) is 4.68 Å². The van der Waals surface area contributed by atoms with Gasteiger partial charge in [0, 0.05) is 25.1 Å². The highest BCUT2D eigenvalue weighted by Crippen LogP contribution is 2.32. The molecule has 0 saturated heterocycles. The van der Waals surface area contributed by atoms with E-state index in [1.54, 1.807) is 12.3 Å². The summed E-state index contributed by atoms with van der Waals surface area (Å²) < 4.78 is 23.5. The van der Waals surface area contributed by atoms with Gasteiger partial charge in [-0.1, -0.05) is 0 Å². The van der Waals surface area contributed by atoms with Gasteiger partial charge in [0.15, 0.2) is 0 Å². The Bertz CT molecular complexity index is 321. The Kier molecular flexibility index (Phi) is 4.39. The van der Waals surface area contributed by atoms with E-state index in [9.17, 15) is 4.57 Å². The van der Waals surface area contributed by atoms with Gasteiger partial charge in [-0.3, -0.25) is 4.57 Å². The molecule has 0 aliphatic carbocycles. The van der Waals surface area contributed by atoms with Crippen molar-refractivity contribution in [2.24, 2.45) is 0 Å². The Morgan fingerprint density at radius 2 is 2.07 bits per heavy atom. The first-order valence-electron chi connectivity index (χ1n) is 4.83. The maximum absolute atomic E-state index is 11.2. The minimum atomic E-state index is -1.32. The van der Waals surface area contributed by atoms with E-state index < -0.39 is 5.65 Å². The van der Waals surface area contributed by atoms with Crippen molar-refractivity contribution in [3.05, 3.63) is 18.0 Å². The van der Waals surface area contributed by atoms with Crippen molar-refractivity contribution in [3.63, 3.8) is 0 Å². The average molecular weight is 230 g/mol. The fraction of sp³-hybridized carbons (Fsp3) is 0.667. The molecule has 5 nitrogen and oxygen atoms in total. The average Bonchev–Trinajstić information content (AvgIpc) is 2.64. The summed E-state index contributed by atoms with van der Waals surface area (Å²) in [5.41, 5.74) is -0.489. The molecule has 0 spiro atoms. The molecule has 15 heavy (non-hydrogen) atoms. The van der Waals surface area contributed by atoms with Crippen LogP contribution in [0.25, 0.3) is 0 Å². The number of ether oxygens (including phenoxy) is 2. The zero-order chi connectivity index (χ0) is 11.3. The van der Waals surface area contributed by atoms with Gasteiger partial charge in [0.05, 0.1) is 0 Å². The summed E-state index contributed by atoms with van der Waals surface area (Å²) in [6.45, 7) is 6.28. The normalized spacial score (nSPS) is 12.2. The molecule has 0 aliphatic rings. The van der Waals surface area contributed by atoms with E-state index in [1.807, 2.05) is 20.8 Å². The van der Waals surface area contributed by atoms with Crippen LogP contribution in [0.4, 0.5) is 0 Å². The minimum Gasteiger partial charge on any atom is -0.322 e. The van der Waals surface area contributed by atoms with Crippen LogP contribution in [0.3, 0.4) is 0 Å². The number of rotatable bonds is 6. The second-order valence-corrected chi connectivity index (χ2v) is 3.64. The topological polar surface area (TPSA) is 53.4 Å². The van der Waals surface area contributed by atoms with Crippen LogP contribution in [-0.2, 0) is 19.7 Å². The summed E-state index contributed by atoms with van der Waals surface area (Å²) in [5.74, 6) is 0. The monoisotopic (exact) mass is 230 g/mol. The van der Waals surface area contributed by atoms with Crippen LogP contribution in [-0.4, -0.2) is 23.0 Å². The largest absolute Gasteiger partial charge is 0.356 e. The third-order valence-corrected chi connectivity index (χ3v) is 2.56. The molecule has 0 unspecified atom stereocenters. The maximum atomic E-state index is 11.2. The number of nitrogens with zero attached hydrogens (tertiary/aromatic N) is 2. The lowest BCUT2D eigenvalue weighted by molar-refractivity contribution is -0.230. The zero-order valence-corrected chi connectivity index (χ0v) is 10.0. The van der Waals surface area contributed by atoms with Crippen molar-refractivity contribution in [2.45, 2.75) is 26.4 Å². The third-order valence-electron chi connectivity index (χ3n) is 1.88. The van der Waals surface area contributed by atoms with E-state index in [-0.39, 0.29) is 8.46 Å². The minimum absolute atomic E-state index is 0.263. The highest BCUT2D eigenvalue weighted by Gasteiger charge is 2.37. The number of aryl methyl sites for hydroxylation is 1. The first kappa shape index (κ1) is 12.3. The quantitative estimate of drug-likeness (QED) is 0.555. The van der Waals surface area contributed by atoms with Gasteiger partial charge in [-0.15, -0.1) is 0 Å². The van der Waals surface area contributed by atoms with Gasteiger partial charge in [-0.2, -0.15) is 5.10 Å². The van der Waals surface area contributed by atoms with E-state index >= 15 is 0 Å². The summed E-state index contributed by atoms with van der Waals surface area (Å²) in [5, 5.41) is 4.06. The van der Waals surface area contributed by atoms with Crippen LogP contribution in [0.15, 0.2) is 12.3 Å². The van der Waals surface area contributed by atoms with Crippen molar-refractivity contribution >= 4 is 8.46 Å². The highest BCUT2D eigenvalue weighted by atomic mass is 31.1. The van der Waals surface area contributed by atoms with Crippen molar-refractivity contribution in [1.82, 2.24) is 9.78 Å². The predicted molar refractivity (Wildman–Crippen MR) is 55.8 cm³/mol. The molecule has 6 heteroatoms. The third kappa shape index (κ3) is 2.43. The summed E-state index contributed by atoms with van der Waals surface area (Å²) >= 11 is 0. The Hall–Kier alpha value is -0.770. The fourth-order valence-corrected chi connectivity index (χ4v) is 1.95. The molecule has 0 aromatic carbocycles. The molecule has 0 fully saturated rings. The van der Waals surface area contributed by atoms with Gasteiger partial charge in [0.2, 0.25) is 8.46 Å². The molecule has 0 saturated carbocycles. The lowest BCUT2D eigenvalue weighted by atomic mass is 10.5. The van der Waals surface area contributed by atoms with E-state index in [0.717, 1.165) is 5.69 Å². The lowest BCUT2D eigenvalue weighted by Crippen LogP contribution is -2.35. The summed E-state index contributed by atoms with van der Waals surface area (Å²) in [6.07, 6.45) is 1.62. The molecule has 1 heterocycles. The van der Waals surface area contributed by atoms with Crippen molar-refractivity contribution in [2.75, 3.05) is 13.2 Å². The second kappa shape index (κ2) is 5.35. The highest BCUT2D eigenvalue weighted by molar-refractivity contribution is 7.24. The van der Waals surface area contributed by atoms with Crippen molar-refractivity contribution in [1.29, 1.82) is 0 Å². The first-order valence-corrected chi connectivity index (χ1v) is 5.65. The van der Waals surface area contributed by atoms with Gasteiger partial charge in [-0.05, 0) is 26.8 Å². The number of hydrogen-bond acceptors (Lipinski definition) is 4. The van der Waals surface area contributed by atoms with Crippen LogP contribution in [0, 0.1) is 6.92 Å². The number of aromatic nitrogens is 2. The SMILES string of the molecule is CCOC(OCC)(P=O)n1nccc1C. The Labute approximate surface area is 90.6 Å². The van der Waals surface area contributed by atoms with E-state index in [0.29, 0.717) is 13.2 Å². The molecule has 0 amide bonds. The van der Waals surface area contributed by atoms with Crippen LogP contribution in [0.5, 0.6) is 0 Å². The fourth-order valence-electron chi connectivity index (χ4n) is 1.30. The predicted octanol–water partition coefficient (Wildman–Crippen LogP) is 2.12. The number of hydrogen-bond donors (Lipinski definition) is 0. The standard InChI is InChI=1S/C9H15N2O3P/c1-4-13-9(15-12,14-5-2)11-8(3)6-7-10-11/h6-7H,4-5H2,1-3H3. The Morgan fingerprint density at radius 3 is 2.40 bits per heavy atom. The molecule has 0 N–H and O–H groups in total. The van der Waals surface area contributed by atoms with Crippen LogP contribution >= 0.6 is 8.46 Å². The molecule has 0 atom stereocenters. The second-order valence-electron chi connectivity index (χ2n) is 2.89. The molecule has 0 bridgehead atoms. The van der Waals surface area contributed by atoms with Gasteiger partial charge < -0.3 is 9.47 Å². The van der Waals surface area contributed by atoms with Crippen LogP contribution in [0.1, 0.15) is 19.5 Å². The van der Waals surface area contributed by atoms with Gasteiger partial charge in [0.25, 0.3) is 0 Å².